The summed E-state index contributed by atoms with van der Waals surface area (Å²) in [7, 11) is 2.19. The molecule has 0 aliphatic carbocycles. The number of nitrogens with zero attached hydrogens (tertiary/aromatic N) is 1. The van der Waals surface area contributed by atoms with Crippen molar-refractivity contribution in [3.8, 4) is 0 Å². The van der Waals surface area contributed by atoms with Crippen LogP contribution in [0.15, 0.2) is 0 Å². The Morgan fingerprint density at radius 3 is 2.30 bits per heavy atom. The van der Waals surface area contributed by atoms with E-state index < -0.39 is 0 Å². The van der Waals surface area contributed by atoms with E-state index in [0.29, 0.717) is 0 Å². The molecular formula is C9H21N. The van der Waals surface area contributed by atoms with Gasteiger partial charge in [-0.1, -0.05) is 27.2 Å². The molecular weight excluding hydrogens is 122 g/mol. The first-order chi connectivity index (χ1) is 4.70. The average Bonchev–Trinajstić information content (AvgIpc) is 1.88. The van der Waals surface area contributed by atoms with Crippen molar-refractivity contribution in [2.24, 2.45) is 5.92 Å². The molecule has 0 amide bonds. The highest BCUT2D eigenvalue weighted by Gasteiger charge is 2.02. The van der Waals surface area contributed by atoms with Gasteiger partial charge in [0.05, 0.1) is 0 Å². The van der Waals surface area contributed by atoms with E-state index in [-0.39, 0.29) is 0 Å². The van der Waals surface area contributed by atoms with Gasteiger partial charge < -0.3 is 4.90 Å². The maximum absolute atomic E-state index is 2.38. The van der Waals surface area contributed by atoms with Gasteiger partial charge in [-0.2, -0.15) is 0 Å². The average molecular weight is 143 g/mol. The van der Waals surface area contributed by atoms with Gasteiger partial charge in [-0.05, 0) is 25.9 Å². The van der Waals surface area contributed by atoms with E-state index in [0.717, 1.165) is 5.92 Å². The maximum Gasteiger partial charge on any atom is 0.000385 e. The van der Waals surface area contributed by atoms with Gasteiger partial charge in [0.1, 0.15) is 0 Å². The maximum atomic E-state index is 2.38. The second-order valence-corrected chi connectivity index (χ2v) is 3.25. The van der Waals surface area contributed by atoms with Crippen molar-refractivity contribution in [3.63, 3.8) is 0 Å². The van der Waals surface area contributed by atoms with Crippen molar-refractivity contribution in [3.05, 3.63) is 0 Å². The van der Waals surface area contributed by atoms with Gasteiger partial charge in [0, 0.05) is 6.54 Å². The zero-order valence-corrected chi connectivity index (χ0v) is 7.85. The second-order valence-electron chi connectivity index (χ2n) is 3.25. The molecule has 0 saturated carbocycles. The Morgan fingerprint density at radius 1 is 1.30 bits per heavy atom. The molecule has 0 rings (SSSR count). The Bertz CT molecular complexity index is 71.1. The standard InChI is InChI=1S/C9H21N/c1-5-7-9(3)8-10(4)6-2/h9H,5-8H2,1-4H3. The van der Waals surface area contributed by atoms with E-state index in [1.54, 1.807) is 0 Å². The predicted molar refractivity (Wildman–Crippen MR) is 47.2 cm³/mol. The van der Waals surface area contributed by atoms with Crippen LogP contribution in [0.25, 0.3) is 0 Å². The van der Waals surface area contributed by atoms with Gasteiger partial charge in [0.2, 0.25) is 0 Å². The van der Waals surface area contributed by atoms with Crippen LogP contribution in [0.1, 0.15) is 33.6 Å². The third kappa shape index (κ3) is 4.80. The van der Waals surface area contributed by atoms with Crippen LogP contribution in [0.5, 0.6) is 0 Å². The smallest absolute Gasteiger partial charge is 0.000385 e. The second kappa shape index (κ2) is 5.72. The lowest BCUT2D eigenvalue weighted by Gasteiger charge is -2.18. The molecule has 0 heterocycles. The first-order valence-corrected chi connectivity index (χ1v) is 4.39. The van der Waals surface area contributed by atoms with Crippen molar-refractivity contribution in [1.29, 1.82) is 0 Å². The highest BCUT2D eigenvalue weighted by Crippen LogP contribution is 2.05. The zero-order valence-electron chi connectivity index (χ0n) is 7.85. The predicted octanol–water partition coefficient (Wildman–Crippen LogP) is 2.37. The largest absolute Gasteiger partial charge is 0.306 e. The summed E-state index contributed by atoms with van der Waals surface area (Å²) in [5.41, 5.74) is 0. The van der Waals surface area contributed by atoms with Crippen LogP contribution in [-0.2, 0) is 0 Å². The molecule has 0 fully saturated rings. The van der Waals surface area contributed by atoms with Crippen molar-refractivity contribution in [1.82, 2.24) is 4.90 Å². The van der Waals surface area contributed by atoms with Crippen LogP contribution in [0.4, 0.5) is 0 Å². The molecule has 1 unspecified atom stereocenters. The van der Waals surface area contributed by atoms with Crippen molar-refractivity contribution in [2.45, 2.75) is 33.6 Å². The Morgan fingerprint density at radius 2 is 1.90 bits per heavy atom. The summed E-state index contributed by atoms with van der Waals surface area (Å²) < 4.78 is 0. The molecule has 0 bridgehead atoms. The summed E-state index contributed by atoms with van der Waals surface area (Å²) in [6.45, 7) is 9.22. The number of hydrogen-bond acceptors (Lipinski definition) is 1. The summed E-state index contributed by atoms with van der Waals surface area (Å²) in [4.78, 5) is 2.38. The monoisotopic (exact) mass is 143 g/mol. The minimum absolute atomic E-state index is 0.870. The van der Waals surface area contributed by atoms with E-state index >= 15 is 0 Å². The van der Waals surface area contributed by atoms with Gasteiger partial charge in [-0.3, -0.25) is 0 Å². The van der Waals surface area contributed by atoms with Gasteiger partial charge in [-0.15, -0.1) is 0 Å². The van der Waals surface area contributed by atoms with E-state index in [4.69, 9.17) is 0 Å². The first kappa shape index (κ1) is 9.96. The third-order valence-corrected chi connectivity index (χ3v) is 1.94. The zero-order chi connectivity index (χ0) is 7.98. The first-order valence-electron chi connectivity index (χ1n) is 4.39. The van der Waals surface area contributed by atoms with Crippen LogP contribution >= 0.6 is 0 Å². The lowest BCUT2D eigenvalue weighted by atomic mass is 10.1. The molecule has 0 aliphatic rings. The van der Waals surface area contributed by atoms with E-state index in [2.05, 4.69) is 32.7 Å². The normalized spacial score (nSPS) is 14.1. The third-order valence-electron chi connectivity index (χ3n) is 1.94. The molecule has 1 heteroatoms. The van der Waals surface area contributed by atoms with Crippen LogP contribution in [0, 0.1) is 5.92 Å². The van der Waals surface area contributed by atoms with Gasteiger partial charge in [-0.25, -0.2) is 0 Å². The molecule has 0 radical (unpaired) electrons. The molecule has 0 aromatic rings. The van der Waals surface area contributed by atoms with Crippen LogP contribution in [0.3, 0.4) is 0 Å². The fourth-order valence-corrected chi connectivity index (χ4v) is 1.25. The number of hydrogen-bond donors (Lipinski definition) is 0. The molecule has 1 nitrogen and oxygen atoms in total. The SMILES string of the molecule is CCCC(C)CN(C)CC. The van der Waals surface area contributed by atoms with E-state index in [9.17, 15) is 0 Å². The summed E-state index contributed by atoms with van der Waals surface area (Å²) in [6, 6.07) is 0. The molecule has 0 aromatic heterocycles. The van der Waals surface area contributed by atoms with E-state index in [1.165, 1.54) is 25.9 Å². The Labute approximate surface area is 65.4 Å². The molecule has 62 valence electrons. The van der Waals surface area contributed by atoms with Gasteiger partial charge >= 0.3 is 0 Å². The molecule has 0 aromatic carbocycles. The molecule has 10 heavy (non-hydrogen) atoms. The minimum Gasteiger partial charge on any atom is -0.306 e. The Hall–Kier alpha value is -0.0400. The number of rotatable bonds is 5. The van der Waals surface area contributed by atoms with Gasteiger partial charge in [0.15, 0.2) is 0 Å². The minimum atomic E-state index is 0.870. The van der Waals surface area contributed by atoms with Crippen molar-refractivity contribution >= 4 is 0 Å². The lowest BCUT2D eigenvalue weighted by Crippen LogP contribution is -2.23. The molecule has 0 aliphatic heterocycles. The summed E-state index contributed by atoms with van der Waals surface area (Å²) >= 11 is 0. The Kier molecular flexibility index (Phi) is 5.70. The van der Waals surface area contributed by atoms with Crippen LogP contribution in [-0.4, -0.2) is 25.0 Å². The van der Waals surface area contributed by atoms with E-state index in [1.807, 2.05) is 0 Å². The summed E-state index contributed by atoms with van der Waals surface area (Å²) in [6.07, 6.45) is 2.68. The molecule has 0 saturated heterocycles. The molecule has 0 spiro atoms. The van der Waals surface area contributed by atoms with Crippen LogP contribution in [0.2, 0.25) is 0 Å². The topological polar surface area (TPSA) is 3.24 Å². The highest BCUT2D eigenvalue weighted by molar-refractivity contribution is 4.56. The fourth-order valence-electron chi connectivity index (χ4n) is 1.25. The summed E-state index contributed by atoms with van der Waals surface area (Å²) in [5.74, 6) is 0.870. The highest BCUT2D eigenvalue weighted by atomic mass is 15.1. The fraction of sp³-hybridized carbons (Fsp3) is 1.00. The summed E-state index contributed by atoms with van der Waals surface area (Å²) in [5, 5.41) is 0. The molecule has 1 atom stereocenters. The Balaban J connectivity index is 3.27. The molecule has 0 N–H and O–H groups in total. The lowest BCUT2D eigenvalue weighted by molar-refractivity contribution is 0.290. The van der Waals surface area contributed by atoms with Crippen molar-refractivity contribution < 1.29 is 0 Å². The van der Waals surface area contributed by atoms with Gasteiger partial charge in [0.25, 0.3) is 0 Å². The van der Waals surface area contributed by atoms with Crippen molar-refractivity contribution in [2.75, 3.05) is 20.1 Å². The van der Waals surface area contributed by atoms with Crippen LogP contribution < -0.4 is 0 Å². The quantitative estimate of drug-likeness (QED) is 0.571.